The molecule has 136 valence electrons. The lowest BCUT2D eigenvalue weighted by Crippen LogP contribution is -2.53. The first-order valence-corrected chi connectivity index (χ1v) is 9.24. The number of nitrogens with zero attached hydrogens (tertiary/aromatic N) is 3. The Kier molecular flexibility index (Phi) is 6.08. The summed E-state index contributed by atoms with van der Waals surface area (Å²) in [6.07, 6.45) is 3.83. The second-order valence-corrected chi connectivity index (χ2v) is 7.21. The molecule has 3 fully saturated rings. The van der Waals surface area contributed by atoms with Crippen LogP contribution in [-0.2, 0) is 14.3 Å². The molecule has 7 nitrogen and oxygen atoms in total. The van der Waals surface area contributed by atoms with E-state index in [0.29, 0.717) is 58.3 Å². The van der Waals surface area contributed by atoms with Crippen LogP contribution in [-0.4, -0.2) is 91.6 Å². The molecule has 3 aliphatic rings. The van der Waals surface area contributed by atoms with Crippen LogP contribution in [0.4, 0.5) is 0 Å². The van der Waals surface area contributed by atoms with Gasteiger partial charge in [0.2, 0.25) is 11.8 Å². The molecule has 2 heterocycles. The summed E-state index contributed by atoms with van der Waals surface area (Å²) >= 11 is 0. The zero-order chi connectivity index (χ0) is 16.9. The lowest BCUT2D eigenvalue weighted by Gasteiger charge is -2.36. The van der Waals surface area contributed by atoms with E-state index in [0.717, 1.165) is 32.4 Å². The Morgan fingerprint density at radius 3 is 2.12 bits per heavy atom. The number of hydrogen-bond acceptors (Lipinski definition) is 5. The summed E-state index contributed by atoms with van der Waals surface area (Å²) < 4.78 is 5.31. The summed E-state index contributed by atoms with van der Waals surface area (Å²) in [4.78, 5) is 30.8. The Labute approximate surface area is 144 Å². The van der Waals surface area contributed by atoms with Gasteiger partial charge < -0.3 is 20.3 Å². The summed E-state index contributed by atoms with van der Waals surface area (Å²) in [6, 6.07) is 0.185. The zero-order valence-electron chi connectivity index (χ0n) is 14.5. The molecule has 2 amide bonds. The summed E-state index contributed by atoms with van der Waals surface area (Å²) in [5, 5.41) is 0. The molecule has 1 saturated carbocycles. The molecular weight excluding hydrogens is 308 g/mol. The summed E-state index contributed by atoms with van der Waals surface area (Å²) in [6.45, 7) is 6.12. The minimum absolute atomic E-state index is 0.168. The van der Waals surface area contributed by atoms with Gasteiger partial charge in [-0.25, -0.2) is 0 Å². The second-order valence-electron chi connectivity index (χ2n) is 7.21. The predicted molar refractivity (Wildman–Crippen MR) is 90.4 cm³/mol. The molecule has 0 aromatic carbocycles. The van der Waals surface area contributed by atoms with Gasteiger partial charge in [0.1, 0.15) is 0 Å². The molecule has 0 radical (unpaired) electrons. The van der Waals surface area contributed by atoms with Gasteiger partial charge in [0.25, 0.3) is 0 Å². The van der Waals surface area contributed by atoms with Crippen molar-refractivity contribution >= 4 is 11.8 Å². The van der Waals surface area contributed by atoms with Crippen molar-refractivity contribution in [3.63, 3.8) is 0 Å². The molecule has 2 aliphatic heterocycles. The maximum Gasteiger partial charge on any atom is 0.236 e. The van der Waals surface area contributed by atoms with E-state index >= 15 is 0 Å². The monoisotopic (exact) mass is 338 g/mol. The van der Waals surface area contributed by atoms with Crippen molar-refractivity contribution in [1.82, 2.24) is 14.7 Å². The third-order valence-electron chi connectivity index (χ3n) is 5.60. The lowest BCUT2D eigenvalue weighted by atomic mass is 9.99. The maximum atomic E-state index is 12.4. The predicted octanol–water partition coefficient (Wildman–Crippen LogP) is -0.493. The Morgan fingerprint density at radius 1 is 0.917 bits per heavy atom. The Balaban J connectivity index is 1.40. The molecule has 3 rings (SSSR count). The number of hydrogen-bond donors (Lipinski definition) is 1. The third-order valence-corrected chi connectivity index (χ3v) is 5.60. The van der Waals surface area contributed by atoms with Gasteiger partial charge in [-0.1, -0.05) is 6.42 Å². The average Bonchev–Trinajstić information content (AvgIpc) is 3.00. The van der Waals surface area contributed by atoms with Crippen molar-refractivity contribution in [2.45, 2.75) is 31.7 Å². The van der Waals surface area contributed by atoms with Crippen molar-refractivity contribution in [1.29, 1.82) is 0 Å². The van der Waals surface area contributed by atoms with Crippen LogP contribution in [0, 0.1) is 5.92 Å². The number of morpholine rings is 1. The SMILES string of the molecule is N[C@@H]1CCC[C@H]1CC(=O)N1CCN(C(=O)CN2CCOCC2)CC1. The lowest BCUT2D eigenvalue weighted by molar-refractivity contribution is -0.141. The van der Waals surface area contributed by atoms with E-state index in [1.54, 1.807) is 0 Å². The van der Waals surface area contributed by atoms with Crippen LogP contribution < -0.4 is 5.73 Å². The molecule has 2 atom stereocenters. The number of carbonyl (C=O) groups is 2. The fourth-order valence-corrected chi connectivity index (χ4v) is 3.93. The molecule has 1 aliphatic carbocycles. The normalized spacial score (nSPS) is 29.0. The van der Waals surface area contributed by atoms with Crippen molar-refractivity contribution in [2.24, 2.45) is 11.7 Å². The summed E-state index contributed by atoms with van der Waals surface area (Å²) in [5.74, 6) is 0.720. The molecular formula is C17H30N4O3. The van der Waals surface area contributed by atoms with Gasteiger partial charge in [0.05, 0.1) is 19.8 Å². The first kappa shape index (κ1) is 17.6. The third kappa shape index (κ3) is 4.46. The first-order chi connectivity index (χ1) is 11.6. The highest BCUT2D eigenvalue weighted by Crippen LogP contribution is 2.27. The van der Waals surface area contributed by atoms with Gasteiger partial charge in [-0.05, 0) is 18.8 Å². The molecule has 24 heavy (non-hydrogen) atoms. The molecule has 2 saturated heterocycles. The molecule has 0 spiro atoms. The van der Waals surface area contributed by atoms with Crippen LogP contribution in [0.3, 0.4) is 0 Å². The van der Waals surface area contributed by atoms with E-state index in [1.165, 1.54) is 0 Å². The van der Waals surface area contributed by atoms with E-state index in [9.17, 15) is 9.59 Å². The highest BCUT2D eigenvalue weighted by Gasteiger charge is 2.30. The fourth-order valence-electron chi connectivity index (χ4n) is 3.93. The maximum absolute atomic E-state index is 12.4. The number of ether oxygens (including phenoxy) is 1. The number of piperazine rings is 1. The van der Waals surface area contributed by atoms with Gasteiger partial charge in [0, 0.05) is 51.7 Å². The summed E-state index contributed by atoms with van der Waals surface area (Å²) in [5.41, 5.74) is 6.07. The van der Waals surface area contributed by atoms with Gasteiger partial charge in [-0.2, -0.15) is 0 Å². The van der Waals surface area contributed by atoms with Crippen LogP contribution in [0.15, 0.2) is 0 Å². The molecule has 0 unspecified atom stereocenters. The second kappa shape index (κ2) is 8.27. The first-order valence-electron chi connectivity index (χ1n) is 9.24. The van der Waals surface area contributed by atoms with Crippen molar-refractivity contribution < 1.29 is 14.3 Å². The van der Waals surface area contributed by atoms with E-state index in [-0.39, 0.29) is 17.9 Å². The van der Waals surface area contributed by atoms with Crippen molar-refractivity contribution in [2.75, 3.05) is 59.0 Å². The Bertz CT molecular complexity index is 445. The zero-order valence-corrected chi connectivity index (χ0v) is 14.5. The highest BCUT2D eigenvalue weighted by atomic mass is 16.5. The van der Waals surface area contributed by atoms with E-state index in [1.807, 2.05) is 9.80 Å². The molecule has 7 heteroatoms. The van der Waals surface area contributed by atoms with Crippen LogP contribution in [0.5, 0.6) is 0 Å². The molecule has 0 aromatic heterocycles. The topological polar surface area (TPSA) is 79.1 Å². The number of nitrogens with two attached hydrogens (primary N) is 1. The minimum Gasteiger partial charge on any atom is -0.379 e. The van der Waals surface area contributed by atoms with Crippen LogP contribution in [0.1, 0.15) is 25.7 Å². The average molecular weight is 338 g/mol. The standard InChI is InChI=1S/C17H30N4O3/c18-15-3-1-2-14(15)12-16(22)20-4-6-21(7-5-20)17(23)13-19-8-10-24-11-9-19/h14-15H,1-13,18H2/t14-,15+/m0/s1. The molecule has 0 bridgehead atoms. The van der Waals surface area contributed by atoms with Crippen LogP contribution >= 0.6 is 0 Å². The fraction of sp³-hybridized carbons (Fsp3) is 0.882. The van der Waals surface area contributed by atoms with Crippen LogP contribution in [0.2, 0.25) is 0 Å². The molecule has 0 aromatic rings. The van der Waals surface area contributed by atoms with Crippen molar-refractivity contribution in [3.05, 3.63) is 0 Å². The number of amides is 2. The largest absolute Gasteiger partial charge is 0.379 e. The Morgan fingerprint density at radius 2 is 1.54 bits per heavy atom. The van der Waals surface area contributed by atoms with Crippen molar-refractivity contribution in [3.8, 4) is 0 Å². The van der Waals surface area contributed by atoms with Gasteiger partial charge in [-0.3, -0.25) is 14.5 Å². The highest BCUT2D eigenvalue weighted by molar-refractivity contribution is 5.79. The smallest absolute Gasteiger partial charge is 0.236 e. The minimum atomic E-state index is 0.168. The molecule has 2 N–H and O–H groups in total. The number of carbonyl (C=O) groups excluding carboxylic acids is 2. The quantitative estimate of drug-likeness (QED) is 0.748. The number of rotatable bonds is 4. The van der Waals surface area contributed by atoms with E-state index < -0.39 is 0 Å². The van der Waals surface area contributed by atoms with Gasteiger partial charge in [-0.15, -0.1) is 0 Å². The van der Waals surface area contributed by atoms with E-state index in [4.69, 9.17) is 10.5 Å². The van der Waals surface area contributed by atoms with Gasteiger partial charge in [0.15, 0.2) is 0 Å². The van der Waals surface area contributed by atoms with Gasteiger partial charge >= 0.3 is 0 Å². The van der Waals surface area contributed by atoms with Crippen LogP contribution in [0.25, 0.3) is 0 Å². The van der Waals surface area contributed by atoms with E-state index in [2.05, 4.69) is 4.90 Å². The Hall–Kier alpha value is -1.18. The summed E-state index contributed by atoms with van der Waals surface area (Å²) in [7, 11) is 0.